The first-order chi connectivity index (χ1) is 10.5. The van der Waals surface area contributed by atoms with Gasteiger partial charge in [-0.05, 0) is 38.2 Å². The summed E-state index contributed by atoms with van der Waals surface area (Å²) in [5.41, 5.74) is 1.03. The molecule has 0 spiro atoms. The highest BCUT2D eigenvalue weighted by atomic mass is 16.3. The van der Waals surface area contributed by atoms with Crippen LogP contribution in [0.15, 0.2) is 24.3 Å². The highest BCUT2D eigenvalue weighted by Gasteiger charge is 2.44. The fourth-order valence-corrected chi connectivity index (χ4v) is 2.98. The van der Waals surface area contributed by atoms with Crippen molar-refractivity contribution in [3.8, 4) is 0 Å². The summed E-state index contributed by atoms with van der Waals surface area (Å²) in [7, 11) is 0. The van der Waals surface area contributed by atoms with Crippen LogP contribution < -0.4 is 5.32 Å². The fraction of sp³-hybridized carbons (Fsp3) is 0.529. The van der Waals surface area contributed by atoms with Crippen LogP contribution in [0.4, 0.5) is 0 Å². The van der Waals surface area contributed by atoms with E-state index in [1.165, 1.54) is 5.56 Å². The molecule has 5 heteroatoms. The lowest BCUT2D eigenvalue weighted by Gasteiger charge is -2.35. The Kier molecular flexibility index (Phi) is 3.91. The van der Waals surface area contributed by atoms with Gasteiger partial charge in [0.2, 0.25) is 5.91 Å². The molecular formula is C17H22N2O3. The summed E-state index contributed by atoms with van der Waals surface area (Å²) >= 11 is 0. The van der Waals surface area contributed by atoms with Gasteiger partial charge in [0.15, 0.2) is 0 Å². The quantitative estimate of drug-likeness (QED) is 0.876. The lowest BCUT2D eigenvalue weighted by atomic mass is 9.79. The number of benzene rings is 1. The molecule has 118 valence electrons. The number of nitrogens with one attached hydrogen (secondary N) is 1. The van der Waals surface area contributed by atoms with Gasteiger partial charge in [0.25, 0.3) is 5.91 Å². The minimum absolute atomic E-state index is 0.0585. The van der Waals surface area contributed by atoms with Crippen LogP contribution in [-0.4, -0.2) is 40.0 Å². The zero-order chi connectivity index (χ0) is 15.7. The number of amides is 2. The maximum absolute atomic E-state index is 12.4. The van der Waals surface area contributed by atoms with E-state index in [-0.39, 0.29) is 5.91 Å². The Morgan fingerprint density at radius 3 is 2.64 bits per heavy atom. The first-order valence-electron chi connectivity index (χ1n) is 7.86. The molecular weight excluding hydrogens is 280 g/mol. The van der Waals surface area contributed by atoms with Crippen molar-refractivity contribution in [2.75, 3.05) is 6.54 Å². The van der Waals surface area contributed by atoms with Gasteiger partial charge in [-0.2, -0.15) is 0 Å². The van der Waals surface area contributed by atoms with E-state index in [1.807, 2.05) is 31.2 Å². The Bertz CT molecular complexity index is 578. The van der Waals surface area contributed by atoms with Gasteiger partial charge < -0.3 is 15.3 Å². The number of likely N-dealkylation sites (tertiary alicyclic amines) is 1. The molecule has 1 aromatic carbocycles. The van der Waals surface area contributed by atoms with Crippen LogP contribution >= 0.6 is 0 Å². The van der Waals surface area contributed by atoms with E-state index in [1.54, 1.807) is 4.90 Å². The lowest BCUT2D eigenvalue weighted by Crippen LogP contribution is -2.55. The summed E-state index contributed by atoms with van der Waals surface area (Å²) in [6, 6.07) is 7.60. The number of rotatable bonds is 4. The molecule has 0 radical (unpaired) electrons. The SMILES string of the molecule is Cc1ccc(CN2CCC(NC(=O)C3(O)CCC3)C2=O)cc1. The van der Waals surface area contributed by atoms with Crippen LogP contribution in [0.1, 0.15) is 36.8 Å². The molecule has 3 rings (SSSR count). The average molecular weight is 302 g/mol. The zero-order valence-corrected chi connectivity index (χ0v) is 12.8. The molecule has 5 nitrogen and oxygen atoms in total. The third-order valence-corrected chi connectivity index (χ3v) is 4.70. The Morgan fingerprint density at radius 2 is 2.05 bits per heavy atom. The van der Waals surface area contributed by atoms with Gasteiger partial charge in [0, 0.05) is 13.1 Å². The van der Waals surface area contributed by atoms with Gasteiger partial charge in [-0.25, -0.2) is 0 Å². The molecule has 0 bridgehead atoms. The van der Waals surface area contributed by atoms with Crippen molar-refractivity contribution < 1.29 is 14.7 Å². The first-order valence-corrected chi connectivity index (χ1v) is 7.86. The number of aryl methyl sites for hydroxylation is 1. The smallest absolute Gasteiger partial charge is 0.252 e. The fourth-order valence-electron chi connectivity index (χ4n) is 2.98. The van der Waals surface area contributed by atoms with Crippen molar-refractivity contribution in [2.24, 2.45) is 0 Å². The van der Waals surface area contributed by atoms with E-state index in [2.05, 4.69) is 5.32 Å². The number of nitrogens with zero attached hydrogens (tertiary/aromatic N) is 1. The number of hydrogen-bond donors (Lipinski definition) is 2. The summed E-state index contributed by atoms with van der Waals surface area (Å²) in [6.45, 7) is 3.23. The Morgan fingerprint density at radius 1 is 1.36 bits per heavy atom. The number of carbonyl (C=O) groups excluding carboxylic acids is 2. The van der Waals surface area contributed by atoms with Crippen LogP contribution in [0.2, 0.25) is 0 Å². The maximum atomic E-state index is 12.4. The molecule has 1 saturated carbocycles. The van der Waals surface area contributed by atoms with Gasteiger partial charge >= 0.3 is 0 Å². The minimum Gasteiger partial charge on any atom is -0.380 e. The molecule has 1 aliphatic heterocycles. The van der Waals surface area contributed by atoms with Crippen LogP contribution in [0.5, 0.6) is 0 Å². The van der Waals surface area contributed by atoms with Gasteiger partial charge in [-0.3, -0.25) is 9.59 Å². The van der Waals surface area contributed by atoms with Crippen molar-refractivity contribution in [3.63, 3.8) is 0 Å². The zero-order valence-electron chi connectivity index (χ0n) is 12.8. The van der Waals surface area contributed by atoms with E-state index in [0.717, 1.165) is 12.0 Å². The number of hydrogen-bond acceptors (Lipinski definition) is 3. The highest BCUT2D eigenvalue weighted by molar-refractivity contribution is 5.92. The largest absolute Gasteiger partial charge is 0.380 e. The molecule has 1 aromatic rings. The van der Waals surface area contributed by atoms with E-state index >= 15 is 0 Å². The summed E-state index contributed by atoms with van der Waals surface area (Å²) in [4.78, 5) is 26.2. The summed E-state index contributed by atoms with van der Waals surface area (Å²) < 4.78 is 0. The van der Waals surface area contributed by atoms with E-state index in [4.69, 9.17) is 0 Å². The van der Waals surface area contributed by atoms with Crippen molar-refractivity contribution in [1.29, 1.82) is 0 Å². The highest BCUT2D eigenvalue weighted by Crippen LogP contribution is 2.32. The minimum atomic E-state index is -1.25. The van der Waals surface area contributed by atoms with E-state index in [0.29, 0.717) is 32.4 Å². The molecule has 2 aliphatic rings. The van der Waals surface area contributed by atoms with E-state index < -0.39 is 17.6 Å². The molecule has 2 amide bonds. The van der Waals surface area contributed by atoms with Gasteiger partial charge in [-0.15, -0.1) is 0 Å². The lowest BCUT2D eigenvalue weighted by molar-refractivity contribution is -0.150. The molecule has 22 heavy (non-hydrogen) atoms. The van der Waals surface area contributed by atoms with Crippen molar-refractivity contribution in [3.05, 3.63) is 35.4 Å². The Labute approximate surface area is 130 Å². The summed E-state index contributed by atoms with van der Waals surface area (Å²) in [5, 5.41) is 12.7. The van der Waals surface area contributed by atoms with Crippen LogP contribution in [0, 0.1) is 6.92 Å². The standard InChI is InChI=1S/C17H22N2O3/c1-12-3-5-13(6-4-12)11-19-10-7-14(15(19)20)18-16(21)17(22)8-2-9-17/h3-6,14,22H,2,7-11H2,1H3,(H,18,21). The average Bonchev–Trinajstić information content (AvgIpc) is 2.80. The van der Waals surface area contributed by atoms with Gasteiger partial charge in [-0.1, -0.05) is 29.8 Å². The van der Waals surface area contributed by atoms with Crippen LogP contribution in [0.3, 0.4) is 0 Å². The molecule has 1 atom stereocenters. The van der Waals surface area contributed by atoms with Gasteiger partial charge in [0.05, 0.1) is 0 Å². The van der Waals surface area contributed by atoms with Gasteiger partial charge in [0.1, 0.15) is 11.6 Å². The second kappa shape index (κ2) is 5.72. The first kappa shape index (κ1) is 15.0. The van der Waals surface area contributed by atoms with Crippen molar-refractivity contribution in [1.82, 2.24) is 10.2 Å². The summed E-state index contributed by atoms with van der Waals surface area (Å²) in [5.74, 6) is -0.453. The second-order valence-corrected chi connectivity index (χ2v) is 6.45. The molecule has 1 heterocycles. The third-order valence-electron chi connectivity index (χ3n) is 4.70. The molecule has 1 aliphatic carbocycles. The monoisotopic (exact) mass is 302 g/mol. The molecule has 0 aromatic heterocycles. The third kappa shape index (κ3) is 2.86. The molecule has 2 N–H and O–H groups in total. The van der Waals surface area contributed by atoms with E-state index in [9.17, 15) is 14.7 Å². The second-order valence-electron chi connectivity index (χ2n) is 6.45. The topological polar surface area (TPSA) is 69.6 Å². The normalized spacial score (nSPS) is 23.3. The van der Waals surface area contributed by atoms with Crippen LogP contribution in [-0.2, 0) is 16.1 Å². The Balaban J connectivity index is 1.57. The van der Waals surface area contributed by atoms with Crippen LogP contribution in [0.25, 0.3) is 0 Å². The molecule has 1 unspecified atom stereocenters. The predicted molar refractivity (Wildman–Crippen MR) is 81.9 cm³/mol. The Hall–Kier alpha value is -1.88. The van der Waals surface area contributed by atoms with Crippen molar-refractivity contribution >= 4 is 11.8 Å². The summed E-state index contributed by atoms with van der Waals surface area (Å²) in [6.07, 6.45) is 2.45. The number of carbonyl (C=O) groups is 2. The predicted octanol–water partition coefficient (Wildman–Crippen LogP) is 1.13. The molecule has 2 fully saturated rings. The molecule has 1 saturated heterocycles. The maximum Gasteiger partial charge on any atom is 0.252 e. The number of aliphatic hydroxyl groups is 1. The van der Waals surface area contributed by atoms with Crippen molar-refractivity contribution in [2.45, 2.75) is 50.8 Å².